The van der Waals surface area contributed by atoms with Crippen LogP contribution < -0.4 is 0 Å². The van der Waals surface area contributed by atoms with Gasteiger partial charge in [-0.1, -0.05) is 48.3 Å². The van der Waals surface area contributed by atoms with Crippen molar-refractivity contribution in [1.82, 2.24) is 0 Å². The zero-order chi connectivity index (χ0) is 17.8. The lowest BCUT2D eigenvalue weighted by Gasteiger charge is -1.96. The Morgan fingerprint density at radius 2 is 2.08 bits per heavy atom. The number of aliphatic imine (C=N–C) groups is 1. The fourth-order valence-corrected chi connectivity index (χ4v) is 1.79. The smallest absolute Gasteiger partial charge is 0.159 e. The van der Waals surface area contributed by atoms with Crippen molar-refractivity contribution in [2.45, 2.75) is 27.2 Å². The zero-order valence-electron chi connectivity index (χ0n) is 14.5. The van der Waals surface area contributed by atoms with Crippen molar-refractivity contribution in [2.75, 3.05) is 0 Å². The van der Waals surface area contributed by atoms with E-state index in [2.05, 4.69) is 23.4 Å². The number of hydrogen-bond acceptors (Lipinski definition) is 2. The molecule has 0 saturated heterocycles. The van der Waals surface area contributed by atoms with Crippen molar-refractivity contribution < 1.29 is 4.79 Å². The number of carbonyl (C=O) groups excluding carboxylic acids is 1. The molecule has 0 saturated carbocycles. The Morgan fingerprint density at radius 3 is 2.75 bits per heavy atom. The summed E-state index contributed by atoms with van der Waals surface area (Å²) in [5.41, 5.74) is 3.25. The van der Waals surface area contributed by atoms with E-state index >= 15 is 0 Å². The molecule has 0 spiro atoms. The van der Waals surface area contributed by atoms with E-state index in [9.17, 15) is 4.79 Å². The number of carbonyl (C=O) groups is 1. The Hall–Kier alpha value is -2.92. The molecule has 0 amide bonds. The summed E-state index contributed by atoms with van der Waals surface area (Å²) in [5, 5.41) is 0. The summed E-state index contributed by atoms with van der Waals surface area (Å²) in [6, 6.07) is 7.32. The van der Waals surface area contributed by atoms with Crippen LogP contribution in [-0.4, -0.2) is 11.5 Å². The van der Waals surface area contributed by atoms with Crippen LogP contribution in [0.3, 0.4) is 0 Å². The van der Waals surface area contributed by atoms with E-state index in [0.29, 0.717) is 12.0 Å². The van der Waals surface area contributed by atoms with Crippen LogP contribution in [0.1, 0.15) is 43.1 Å². The predicted octanol–water partition coefficient (Wildman–Crippen LogP) is 5.29. The van der Waals surface area contributed by atoms with Gasteiger partial charge in [0.2, 0.25) is 0 Å². The molecule has 2 heteroatoms. The lowest BCUT2D eigenvalue weighted by molar-refractivity contribution is 0.101. The average Bonchev–Trinajstić information content (AvgIpc) is 2.58. The van der Waals surface area contributed by atoms with Gasteiger partial charge in [0, 0.05) is 28.6 Å². The van der Waals surface area contributed by atoms with E-state index in [1.807, 2.05) is 50.3 Å². The summed E-state index contributed by atoms with van der Waals surface area (Å²) in [6.07, 6.45) is 12.0. The highest BCUT2D eigenvalue weighted by Gasteiger charge is 1.98. The first-order chi connectivity index (χ1) is 11.6. The standard InChI is InChI=1S/C22H23NO/c1-5-7-8-11-18(3)23-17-21(10-6-2)15-14-20-12-9-13-22(16-20)19(4)24/h5-9,11-13,16-17H,2,10H2,1,3-4H3/b7-5-,11-8-,21-17+,23-18+. The van der Waals surface area contributed by atoms with Gasteiger partial charge in [-0.2, -0.15) is 0 Å². The summed E-state index contributed by atoms with van der Waals surface area (Å²) in [4.78, 5) is 15.8. The normalized spacial score (nSPS) is 12.3. The third-order valence-corrected chi connectivity index (χ3v) is 3.07. The maximum atomic E-state index is 11.4. The molecule has 0 radical (unpaired) electrons. The van der Waals surface area contributed by atoms with Crippen molar-refractivity contribution in [2.24, 2.45) is 4.99 Å². The topological polar surface area (TPSA) is 29.4 Å². The molecule has 0 unspecified atom stereocenters. The van der Waals surface area contributed by atoms with E-state index < -0.39 is 0 Å². The highest BCUT2D eigenvalue weighted by Crippen LogP contribution is 2.07. The minimum absolute atomic E-state index is 0.0358. The molecular weight excluding hydrogens is 294 g/mol. The molecule has 0 aliphatic heterocycles. The Balaban J connectivity index is 3.00. The van der Waals surface area contributed by atoms with Gasteiger partial charge in [-0.3, -0.25) is 9.79 Å². The summed E-state index contributed by atoms with van der Waals surface area (Å²) >= 11 is 0. The van der Waals surface area contributed by atoms with Crippen LogP contribution in [0.15, 0.2) is 78.0 Å². The number of allylic oxidation sites excluding steroid dienone is 6. The molecule has 1 aromatic carbocycles. The van der Waals surface area contributed by atoms with Gasteiger partial charge in [0.05, 0.1) is 0 Å². The molecule has 2 nitrogen and oxygen atoms in total. The van der Waals surface area contributed by atoms with Gasteiger partial charge in [0.15, 0.2) is 5.78 Å². The fourth-order valence-electron chi connectivity index (χ4n) is 1.79. The van der Waals surface area contributed by atoms with Gasteiger partial charge < -0.3 is 0 Å². The molecule has 122 valence electrons. The number of rotatable bonds is 6. The zero-order valence-corrected chi connectivity index (χ0v) is 14.5. The van der Waals surface area contributed by atoms with Crippen LogP contribution in [0.5, 0.6) is 0 Å². The SMILES string of the molecule is C=CC\C(C#Cc1cccc(C(C)=O)c1)=C/N=C(C)/C=C\C=C/C. The molecule has 0 fully saturated rings. The number of nitrogens with zero attached hydrogens (tertiary/aromatic N) is 1. The van der Waals surface area contributed by atoms with Crippen LogP contribution in [-0.2, 0) is 0 Å². The van der Waals surface area contributed by atoms with Gasteiger partial charge in [0.25, 0.3) is 0 Å². The summed E-state index contributed by atoms with van der Waals surface area (Å²) in [5.74, 6) is 6.23. The minimum Gasteiger partial charge on any atom is -0.295 e. The molecule has 1 rings (SSSR count). The van der Waals surface area contributed by atoms with E-state index in [4.69, 9.17) is 0 Å². The molecule has 0 aliphatic carbocycles. The highest BCUT2D eigenvalue weighted by atomic mass is 16.1. The lowest BCUT2D eigenvalue weighted by atomic mass is 10.1. The molecule has 24 heavy (non-hydrogen) atoms. The second-order valence-electron chi connectivity index (χ2n) is 5.19. The Labute approximate surface area is 145 Å². The van der Waals surface area contributed by atoms with Gasteiger partial charge in [-0.15, -0.1) is 6.58 Å². The number of ketones is 1. The second-order valence-corrected chi connectivity index (χ2v) is 5.19. The maximum Gasteiger partial charge on any atom is 0.159 e. The number of hydrogen-bond donors (Lipinski definition) is 0. The Morgan fingerprint density at radius 1 is 1.29 bits per heavy atom. The van der Waals surface area contributed by atoms with Crippen molar-refractivity contribution >= 4 is 11.5 Å². The molecule has 0 bridgehead atoms. The van der Waals surface area contributed by atoms with E-state index in [0.717, 1.165) is 16.8 Å². The van der Waals surface area contributed by atoms with E-state index in [-0.39, 0.29) is 5.78 Å². The van der Waals surface area contributed by atoms with Crippen molar-refractivity contribution in [3.05, 3.63) is 84.1 Å². The third-order valence-electron chi connectivity index (χ3n) is 3.07. The van der Waals surface area contributed by atoms with Crippen molar-refractivity contribution in [3.63, 3.8) is 0 Å². The molecule has 0 N–H and O–H groups in total. The molecule has 1 aromatic rings. The summed E-state index contributed by atoms with van der Waals surface area (Å²) < 4.78 is 0. The quantitative estimate of drug-likeness (QED) is 0.230. The van der Waals surface area contributed by atoms with E-state index in [1.54, 1.807) is 31.3 Å². The third kappa shape index (κ3) is 7.38. The first kappa shape index (κ1) is 19.1. The molecular formula is C22H23NO. The molecule has 0 aromatic heterocycles. The first-order valence-electron chi connectivity index (χ1n) is 7.83. The maximum absolute atomic E-state index is 11.4. The Kier molecular flexibility index (Phi) is 8.57. The first-order valence-corrected chi connectivity index (χ1v) is 7.83. The fraction of sp³-hybridized carbons (Fsp3) is 0.182. The summed E-state index contributed by atoms with van der Waals surface area (Å²) in [7, 11) is 0. The van der Waals surface area contributed by atoms with Crippen LogP contribution in [0.2, 0.25) is 0 Å². The second kappa shape index (κ2) is 10.7. The van der Waals surface area contributed by atoms with Gasteiger partial charge >= 0.3 is 0 Å². The number of Topliss-reactive ketones (excluding diaryl/α,β-unsaturated/α-hetero) is 1. The molecule has 0 aliphatic rings. The van der Waals surface area contributed by atoms with Crippen LogP contribution in [0.4, 0.5) is 0 Å². The van der Waals surface area contributed by atoms with Crippen LogP contribution in [0.25, 0.3) is 0 Å². The van der Waals surface area contributed by atoms with Gasteiger partial charge in [-0.25, -0.2) is 0 Å². The van der Waals surface area contributed by atoms with Gasteiger partial charge in [0.1, 0.15) is 0 Å². The monoisotopic (exact) mass is 317 g/mol. The predicted molar refractivity (Wildman–Crippen MR) is 103 cm³/mol. The highest BCUT2D eigenvalue weighted by molar-refractivity contribution is 5.94. The van der Waals surface area contributed by atoms with E-state index in [1.165, 1.54) is 0 Å². The van der Waals surface area contributed by atoms with Crippen LogP contribution in [0, 0.1) is 11.8 Å². The summed E-state index contributed by atoms with van der Waals surface area (Å²) in [6.45, 7) is 9.21. The molecule has 0 heterocycles. The Bertz CT molecular complexity index is 765. The van der Waals surface area contributed by atoms with Crippen LogP contribution >= 0.6 is 0 Å². The molecule has 0 atom stereocenters. The average molecular weight is 317 g/mol. The largest absolute Gasteiger partial charge is 0.295 e. The van der Waals surface area contributed by atoms with Gasteiger partial charge in [-0.05, 0) is 45.4 Å². The lowest BCUT2D eigenvalue weighted by Crippen LogP contribution is -1.91. The minimum atomic E-state index is 0.0358. The van der Waals surface area contributed by atoms with Crippen molar-refractivity contribution in [3.8, 4) is 11.8 Å². The van der Waals surface area contributed by atoms with Crippen molar-refractivity contribution in [1.29, 1.82) is 0 Å². The number of benzene rings is 1.